The third-order valence-corrected chi connectivity index (χ3v) is 5.21. The highest BCUT2D eigenvalue weighted by atomic mass is 127. The molecule has 5 heteroatoms. The number of nitrogens with one attached hydrogen (secondary N) is 1. The van der Waals surface area contributed by atoms with Crippen molar-refractivity contribution in [3.8, 4) is 0 Å². The first-order chi connectivity index (χ1) is 9.63. The molecular formula is C15H20BrIN2O. The molecule has 110 valence electrons. The predicted octanol–water partition coefficient (Wildman–Crippen LogP) is 3.66. The van der Waals surface area contributed by atoms with Gasteiger partial charge in [-0.05, 0) is 80.1 Å². The van der Waals surface area contributed by atoms with Crippen LogP contribution in [0.25, 0.3) is 0 Å². The highest BCUT2D eigenvalue weighted by Crippen LogP contribution is 2.25. The molecule has 1 saturated heterocycles. The molecule has 1 fully saturated rings. The Morgan fingerprint density at radius 3 is 3.05 bits per heavy atom. The number of rotatable bonds is 4. The Morgan fingerprint density at radius 2 is 2.30 bits per heavy atom. The van der Waals surface area contributed by atoms with Crippen LogP contribution in [0.1, 0.15) is 36.0 Å². The summed E-state index contributed by atoms with van der Waals surface area (Å²) >= 11 is 5.71. The van der Waals surface area contributed by atoms with Crippen LogP contribution in [0.5, 0.6) is 0 Å². The Bertz CT molecular complexity index is 481. The van der Waals surface area contributed by atoms with Gasteiger partial charge in [-0.2, -0.15) is 0 Å². The number of amides is 1. The first-order valence-electron chi connectivity index (χ1n) is 7.04. The number of carbonyl (C=O) groups excluding carboxylic acids is 1. The second-order valence-electron chi connectivity index (χ2n) is 5.16. The zero-order valence-electron chi connectivity index (χ0n) is 11.7. The summed E-state index contributed by atoms with van der Waals surface area (Å²) in [5.41, 5.74) is 0.816. The van der Waals surface area contributed by atoms with Crippen molar-refractivity contribution in [2.75, 3.05) is 20.1 Å². The molecular weight excluding hydrogens is 431 g/mol. The monoisotopic (exact) mass is 450 g/mol. The van der Waals surface area contributed by atoms with Crippen molar-refractivity contribution in [3.63, 3.8) is 0 Å². The van der Waals surface area contributed by atoms with Gasteiger partial charge in [0.2, 0.25) is 0 Å². The summed E-state index contributed by atoms with van der Waals surface area (Å²) in [4.78, 5) is 14.9. The van der Waals surface area contributed by atoms with E-state index in [-0.39, 0.29) is 5.91 Å². The number of carbonyl (C=O) groups is 1. The van der Waals surface area contributed by atoms with Gasteiger partial charge in [0.25, 0.3) is 5.91 Å². The SMILES string of the molecule is CNCCC1CCCCN1C(=O)c1cc(Br)ccc1I. The van der Waals surface area contributed by atoms with Crippen LogP contribution in [0.15, 0.2) is 22.7 Å². The number of hydrogen-bond donors (Lipinski definition) is 1. The van der Waals surface area contributed by atoms with E-state index >= 15 is 0 Å². The van der Waals surface area contributed by atoms with Crippen molar-refractivity contribution < 1.29 is 4.79 Å². The second-order valence-corrected chi connectivity index (χ2v) is 7.24. The molecule has 0 saturated carbocycles. The maximum atomic E-state index is 12.8. The third kappa shape index (κ3) is 3.95. The second kappa shape index (κ2) is 7.75. The fraction of sp³-hybridized carbons (Fsp3) is 0.533. The molecule has 0 aromatic heterocycles. The van der Waals surface area contributed by atoms with Crippen LogP contribution >= 0.6 is 38.5 Å². The van der Waals surface area contributed by atoms with Gasteiger partial charge in [0, 0.05) is 20.6 Å². The summed E-state index contributed by atoms with van der Waals surface area (Å²) in [5, 5.41) is 3.19. The van der Waals surface area contributed by atoms with Crippen LogP contribution in [0.4, 0.5) is 0 Å². The standard InChI is InChI=1S/C15H20BrIN2O/c1-18-8-7-12-4-2-3-9-19(12)15(20)13-10-11(16)5-6-14(13)17/h5-6,10,12,18H,2-4,7-9H2,1H3. The minimum atomic E-state index is 0.177. The average Bonchev–Trinajstić information content (AvgIpc) is 2.47. The molecule has 0 bridgehead atoms. The fourth-order valence-corrected chi connectivity index (χ4v) is 3.62. The Hall–Kier alpha value is -0.140. The molecule has 1 aliphatic heterocycles. The Morgan fingerprint density at radius 1 is 1.50 bits per heavy atom. The van der Waals surface area contributed by atoms with Crippen LogP contribution < -0.4 is 5.32 Å². The normalized spacial score (nSPS) is 19.1. The van der Waals surface area contributed by atoms with Crippen molar-refractivity contribution in [2.45, 2.75) is 31.7 Å². The molecule has 1 aliphatic rings. The minimum absolute atomic E-state index is 0.177. The van der Waals surface area contributed by atoms with E-state index in [0.717, 1.165) is 46.0 Å². The highest BCUT2D eigenvalue weighted by molar-refractivity contribution is 14.1. The molecule has 1 heterocycles. The van der Waals surface area contributed by atoms with Gasteiger partial charge in [0.05, 0.1) is 5.56 Å². The molecule has 0 aliphatic carbocycles. The van der Waals surface area contributed by atoms with Crippen molar-refractivity contribution in [2.24, 2.45) is 0 Å². The van der Waals surface area contributed by atoms with Gasteiger partial charge >= 0.3 is 0 Å². The Kier molecular flexibility index (Phi) is 6.29. The molecule has 1 aromatic carbocycles. The van der Waals surface area contributed by atoms with Gasteiger partial charge in [-0.25, -0.2) is 0 Å². The van der Waals surface area contributed by atoms with E-state index < -0.39 is 0 Å². The topological polar surface area (TPSA) is 32.3 Å². The highest BCUT2D eigenvalue weighted by Gasteiger charge is 2.28. The maximum absolute atomic E-state index is 12.8. The van der Waals surface area contributed by atoms with Crippen molar-refractivity contribution in [1.29, 1.82) is 0 Å². The molecule has 2 rings (SSSR count). The summed E-state index contributed by atoms with van der Waals surface area (Å²) in [6.45, 7) is 1.85. The predicted molar refractivity (Wildman–Crippen MR) is 94.1 cm³/mol. The lowest BCUT2D eigenvalue weighted by Crippen LogP contribution is -2.45. The number of piperidine rings is 1. The van der Waals surface area contributed by atoms with Gasteiger partial charge in [0.1, 0.15) is 0 Å². The third-order valence-electron chi connectivity index (χ3n) is 3.77. The number of nitrogens with zero attached hydrogens (tertiary/aromatic N) is 1. The number of benzene rings is 1. The van der Waals surface area contributed by atoms with E-state index in [1.54, 1.807) is 0 Å². The summed E-state index contributed by atoms with van der Waals surface area (Å²) < 4.78 is 1.98. The van der Waals surface area contributed by atoms with Crippen LogP contribution in [0.3, 0.4) is 0 Å². The summed E-state index contributed by atoms with van der Waals surface area (Å²) in [7, 11) is 1.96. The van der Waals surface area contributed by atoms with Crippen LogP contribution in [0.2, 0.25) is 0 Å². The van der Waals surface area contributed by atoms with E-state index in [1.165, 1.54) is 6.42 Å². The van der Waals surface area contributed by atoms with Gasteiger partial charge in [-0.15, -0.1) is 0 Å². The quantitative estimate of drug-likeness (QED) is 0.710. The van der Waals surface area contributed by atoms with E-state index in [2.05, 4.69) is 48.7 Å². The van der Waals surface area contributed by atoms with Crippen molar-refractivity contribution in [1.82, 2.24) is 10.2 Å². The lowest BCUT2D eigenvalue weighted by Gasteiger charge is -2.36. The molecule has 1 unspecified atom stereocenters. The van der Waals surface area contributed by atoms with E-state index in [0.29, 0.717) is 6.04 Å². The van der Waals surface area contributed by atoms with E-state index in [4.69, 9.17) is 0 Å². The summed E-state index contributed by atoms with van der Waals surface area (Å²) in [6, 6.07) is 6.28. The Labute approximate surface area is 142 Å². The molecule has 0 spiro atoms. The summed E-state index contributed by atoms with van der Waals surface area (Å²) in [6.07, 6.45) is 4.50. The first-order valence-corrected chi connectivity index (χ1v) is 8.91. The van der Waals surface area contributed by atoms with E-state index in [9.17, 15) is 4.79 Å². The zero-order chi connectivity index (χ0) is 14.5. The first kappa shape index (κ1) is 16.2. The van der Waals surface area contributed by atoms with Gasteiger partial charge < -0.3 is 10.2 Å². The largest absolute Gasteiger partial charge is 0.336 e. The maximum Gasteiger partial charge on any atom is 0.255 e. The summed E-state index contributed by atoms with van der Waals surface area (Å²) in [5.74, 6) is 0.177. The van der Waals surface area contributed by atoms with Crippen LogP contribution in [-0.4, -0.2) is 37.0 Å². The molecule has 3 nitrogen and oxygen atoms in total. The number of halogens is 2. The van der Waals surface area contributed by atoms with Gasteiger partial charge in [0.15, 0.2) is 0 Å². The molecule has 20 heavy (non-hydrogen) atoms. The number of hydrogen-bond acceptors (Lipinski definition) is 2. The minimum Gasteiger partial charge on any atom is -0.336 e. The number of likely N-dealkylation sites (tertiary alicyclic amines) is 1. The average molecular weight is 451 g/mol. The lowest BCUT2D eigenvalue weighted by molar-refractivity contribution is 0.0601. The van der Waals surface area contributed by atoms with Crippen molar-refractivity contribution >= 4 is 44.4 Å². The molecule has 1 N–H and O–H groups in total. The van der Waals surface area contributed by atoms with Crippen molar-refractivity contribution in [3.05, 3.63) is 31.8 Å². The molecule has 1 amide bonds. The lowest BCUT2D eigenvalue weighted by atomic mass is 9.98. The van der Waals surface area contributed by atoms with Gasteiger partial charge in [-0.1, -0.05) is 15.9 Å². The van der Waals surface area contributed by atoms with Crippen LogP contribution in [0, 0.1) is 3.57 Å². The van der Waals surface area contributed by atoms with E-state index in [1.807, 2.05) is 25.2 Å². The fourth-order valence-electron chi connectivity index (χ4n) is 2.70. The zero-order valence-corrected chi connectivity index (χ0v) is 15.4. The van der Waals surface area contributed by atoms with Gasteiger partial charge in [-0.3, -0.25) is 4.79 Å². The molecule has 1 aromatic rings. The molecule has 0 radical (unpaired) electrons. The smallest absolute Gasteiger partial charge is 0.255 e. The van der Waals surface area contributed by atoms with Crippen LogP contribution in [-0.2, 0) is 0 Å². The molecule has 1 atom stereocenters. The Balaban J connectivity index is 2.18.